The molecule has 2 heterocycles. The predicted molar refractivity (Wildman–Crippen MR) is 80.7 cm³/mol. The van der Waals surface area contributed by atoms with Gasteiger partial charge in [0.1, 0.15) is 6.10 Å². The van der Waals surface area contributed by atoms with E-state index in [0.717, 1.165) is 18.2 Å². The van der Waals surface area contributed by atoms with Crippen LogP contribution in [0.1, 0.15) is 40.0 Å². The summed E-state index contributed by atoms with van der Waals surface area (Å²) in [4.78, 5) is 0. The van der Waals surface area contributed by atoms with Crippen molar-refractivity contribution in [1.82, 2.24) is 0 Å². The van der Waals surface area contributed by atoms with E-state index in [4.69, 9.17) is 14.2 Å². The Morgan fingerprint density at radius 3 is 2.70 bits per heavy atom. The molecule has 0 radical (unpaired) electrons. The highest BCUT2D eigenvalue weighted by molar-refractivity contribution is 9.09. The fourth-order valence-electron chi connectivity index (χ4n) is 3.04. The van der Waals surface area contributed by atoms with E-state index in [1.165, 1.54) is 0 Å². The van der Waals surface area contributed by atoms with Gasteiger partial charge in [-0.15, -0.1) is 0 Å². The molecule has 5 atom stereocenters. The number of hydrogen-bond acceptors (Lipinski definition) is 4. The molecule has 5 heteroatoms. The Morgan fingerprint density at radius 2 is 2.05 bits per heavy atom. The Labute approximate surface area is 129 Å². The smallest absolute Gasteiger partial charge is 0.187 e. The van der Waals surface area contributed by atoms with Crippen molar-refractivity contribution >= 4 is 15.9 Å². The first-order valence-electron chi connectivity index (χ1n) is 7.33. The lowest BCUT2D eigenvalue weighted by molar-refractivity contribution is -0.211. The van der Waals surface area contributed by atoms with Gasteiger partial charge in [0.15, 0.2) is 12.1 Å². The summed E-state index contributed by atoms with van der Waals surface area (Å²) in [5.41, 5.74) is 0. The lowest BCUT2D eigenvalue weighted by atomic mass is 9.90. The maximum Gasteiger partial charge on any atom is 0.187 e. The van der Waals surface area contributed by atoms with Gasteiger partial charge in [0, 0.05) is 11.2 Å². The van der Waals surface area contributed by atoms with E-state index in [1.54, 1.807) is 0 Å². The number of aliphatic hydroxyl groups excluding tert-OH is 1. The molecule has 0 aliphatic carbocycles. The number of ether oxygens (including phenoxy) is 3. The van der Waals surface area contributed by atoms with Crippen LogP contribution in [0, 0.1) is 5.92 Å². The van der Waals surface area contributed by atoms with Gasteiger partial charge in [-0.2, -0.15) is 0 Å². The number of aliphatic hydroxyl groups is 1. The van der Waals surface area contributed by atoms with Crippen LogP contribution in [-0.4, -0.2) is 40.8 Å². The van der Waals surface area contributed by atoms with Crippen LogP contribution in [0.3, 0.4) is 0 Å². The topological polar surface area (TPSA) is 47.9 Å². The third-order valence-corrected chi connectivity index (χ3v) is 4.16. The van der Waals surface area contributed by atoms with Crippen LogP contribution in [-0.2, 0) is 14.2 Å². The summed E-state index contributed by atoms with van der Waals surface area (Å²) in [7, 11) is 0. The molecule has 1 unspecified atom stereocenters. The normalized spacial score (nSPS) is 37.5. The minimum absolute atomic E-state index is 0.0650. The molecule has 2 aliphatic rings. The fraction of sp³-hybridized carbons (Fsp3) is 0.867. The zero-order valence-corrected chi connectivity index (χ0v) is 14.0. The maximum absolute atomic E-state index is 9.72. The average molecular weight is 349 g/mol. The molecule has 116 valence electrons. The molecule has 2 fully saturated rings. The van der Waals surface area contributed by atoms with Crippen molar-refractivity contribution in [3.05, 3.63) is 12.2 Å². The SMILES string of the molecule is CC(O)C[C@H]1[C@H]2OC(C)(C)O[C@H]2O[C@@H]1CC/C=C/CBr. The molecule has 0 aromatic rings. The Balaban J connectivity index is 1.97. The van der Waals surface area contributed by atoms with E-state index < -0.39 is 5.79 Å². The monoisotopic (exact) mass is 348 g/mol. The van der Waals surface area contributed by atoms with E-state index >= 15 is 0 Å². The van der Waals surface area contributed by atoms with Crippen molar-refractivity contribution in [3.63, 3.8) is 0 Å². The summed E-state index contributed by atoms with van der Waals surface area (Å²) < 4.78 is 17.8. The van der Waals surface area contributed by atoms with Gasteiger partial charge in [0.2, 0.25) is 0 Å². The molecule has 1 N–H and O–H groups in total. The predicted octanol–water partition coefficient (Wildman–Crippen LogP) is 2.98. The lowest BCUT2D eigenvalue weighted by Crippen LogP contribution is -2.32. The third-order valence-electron chi connectivity index (χ3n) is 3.78. The fourth-order valence-corrected chi connectivity index (χ4v) is 3.30. The molecule has 0 saturated carbocycles. The highest BCUT2D eigenvalue weighted by Gasteiger charge is 2.54. The minimum Gasteiger partial charge on any atom is -0.393 e. The molecule has 0 amide bonds. The van der Waals surface area contributed by atoms with Crippen molar-refractivity contribution in [1.29, 1.82) is 0 Å². The van der Waals surface area contributed by atoms with E-state index in [2.05, 4.69) is 28.1 Å². The molecular weight excluding hydrogens is 324 g/mol. The van der Waals surface area contributed by atoms with Crippen LogP contribution < -0.4 is 0 Å². The first kappa shape index (κ1) is 16.4. The van der Waals surface area contributed by atoms with Crippen molar-refractivity contribution < 1.29 is 19.3 Å². The minimum atomic E-state index is -0.590. The summed E-state index contributed by atoms with van der Waals surface area (Å²) in [6.07, 6.45) is 6.21. The molecular formula is C15H25BrO4. The second kappa shape index (κ2) is 6.88. The van der Waals surface area contributed by atoms with E-state index in [1.807, 2.05) is 20.8 Å². The number of hydrogen-bond donors (Lipinski definition) is 1. The Bertz CT molecular complexity index is 343. The van der Waals surface area contributed by atoms with Crippen LogP contribution in [0.2, 0.25) is 0 Å². The first-order valence-corrected chi connectivity index (χ1v) is 8.45. The largest absolute Gasteiger partial charge is 0.393 e. The Morgan fingerprint density at radius 1 is 1.30 bits per heavy atom. The van der Waals surface area contributed by atoms with Crippen LogP contribution in [0.25, 0.3) is 0 Å². The van der Waals surface area contributed by atoms with Crippen molar-refractivity contribution in [3.8, 4) is 0 Å². The summed E-state index contributed by atoms with van der Waals surface area (Å²) in [5.74, 6) is -0.397. The van der Waals surface area contributed by atoms with Crippen molar-refractivity contribution in [2.24, 2.45) is 5.92 Å². The summed E-state index contributed by atoms with van der Waals surface area (Å²) in [6, 6.07) is 0. The number of rotatable bonds is 6. The van der Waals surface area contributed by atoms with Crippen molar-refractivity contribution in [2.75, 3.05) is 5.33 Å². The second-order valence-electron chi connectivity index (χ2n) is 6.09. The molecule has 4 nitrogen and oxygen atoms in total. The molecule has 2 aliphatic heterocycles. The number of alkyl halides is 1. The molecule has 2 saturated heterocycles. The number of halogens is 1. The maximum atomic E-state index is 9.72. The number of allylic oxidation sites excluding steroid dienone is 2. The van der Waals surface area contributed by atoms with Gasteiger partial charge in [0.05, 0.1) is 12.2 Å². The third kappa shape index (κ3) is 4.04. The molecule has 0 spiro atoms. The Hall–Kier alpha value is 0.0600. The van der Waals surface area contributed by atoms with Gasteiger partial charge < -0.3 is 19.3 Å². The lowest BCUT2D eigenvalue weighted by Gasteiger charge is -2.26. The Kier molecular flexibility index (Phi) is 5.65. The van der Waals surface area contributed by atoms with Gasteiger partial charge in [-0.05, 0) is 40.0 Å². The second-order valence-corrected chi connectivity index (χ2v) is 6.74. The van der Waals surface area contributed by atoms with Crippen LogP contribution >= 0.6 is 15.9 Å². The highest BCUT2D eigenvalue weighted by Crippen LogP contribution is 2.43. The number of fused-ring (bicyclic) bond motifs is 1. The van der Waals surface area contributed by atoms with Gasteiger partial charge in [-0.25, -0.2) is 0 Å². The summed E-state index contributed by atoms with van der Waals surface area (Å²) in [6.45, 7) is 5.62. The van der Waals surface area contributed by atoms with Crippen LogP contribution in [0.4, 0.5) is 0 Å². The summed E-state index contributed by atoms with van der Waals surface area (Å²) in [5, 5.41) is 10.6. The zero-order valence-electron chi connectivity index (χ0n) is 12.4. The van der Waals surface area contributed by atoms with Gasteiger partial charge >= 0.3 is 0 Å². The molecule has 2 rings (SSSR count). The molecule has 0 aromatic carbocycles. The molecule has 20 heavy (non-hydrogen) atoms. The quantitative estimate of drug-likeness (QED) is 0.592. The summed E-state index contributed by atoms with van der Waals surface area (Å²) >= 11 is 3.37. The average Bonchev–Trinajstić information content (AvgIpc) is 2.78. The van der Waals surface area contributed by atoms with Crippen LogP contribution in [0.15, 0.2) is 12.2 Å². The van der Waals surface area contributed by atoms with E-state index in [9.17, 15) is 5.11 Å². The van der Waals surface area contributed by atoms with Gasteiger partial charge in [-0.1, -0.05) is 28.1 Å². The van der Waals surface area contributed by atoms with Crippen LogP contribution in [0.5, 0.6) is 0 Å². The molecule has 0 aromatic heterocycles. The molecule has 0 bridgehead atoms. The zero-order chi connectivity index (χ0) is 14.8. The van der Waals surface area contributed by atoms with Gasteiger partial charge in [0.25, 0.3) is 0 Å². The van der Waals surface area contributed by atoms with Gasteiger partial charge in [-0.3, -0.25) is 0 Å². The van der Waals surface area contributed by atoms with Crippen molar-refractivity contribution in [2.45, 2.75) is 70.4 Å². The first-order chi connectivity index (χ1) is 9.43. The van der Waals surface area contributed by atoms with E-state index in [0.29, 0.717) is 6.42 Å². The highest BCUT2D eigenvalue weighted by atomic mass is 79.9. The van der Waals surface area contributed by atoms with E-state index in [-0.39, 0.29) is 30.5 Å². The standard InChI is InChI=1S/C15H25BrO4/c1-10(17)9-11-12(7-5-4-6-8-16)18-14-13(11)19-15(2,3)20-14/h4,6,10-14,17H,5,7-9H2,1-3H3/b6-4+/t10?,11-,12-,13-,14-/m1/s1.